The van der Waals surface area contributed by atoms with Crippen molar-refractivity contribution in [3.05, 3.63) is 101 Å². The first kappa shape index (κ1) is 23.8. The largest absolute Gasteiger partial charge is 0.507 e. The van der Waals surface area contributed by atoms with E-state index >= 15 is 0 Å². The zero-order chi connectivity index (χ0) is 25.1. The second kappa shape index (κ2) is 9.86. The summed E-state index contributed by atoms with van der Waals surface area (Å²) in [7, 11) is 0. The standard InChI is InChI=1S/C29H26N2O4/c1-4-19-8-12-21(13-9-19)27(32)25-26(22-6-5-7-24(16-22)35-18(2)3)31(29(34)28(25)33)23-14-10-20(17-30)11-15-23/h5-16,18,26,32H,4H2,1-3H3/b27-25-. The number of carbonyl (C=O) groups is 2. The lowest BCUT2D eigenvalue weighted by molar-refractivity contribution is -0.132. The maximum atomic E-state index is 13.3. The molecule has 3 aromatic carbocycles. The van der Waals surface area contributed by atoms with Crippen LogP contribution >= 0.6 is 0 Å². The van der Waals surface area contributed by atoms with Gasteiger partial charge >= 0.3 is 0 Å². The average molecular weight is 467 g/mol. The lowest BCUT2D eigenvalue weighted by atomic mass is 9.94. The van der Waals surface area contributed by atoms with Crippen LogP contribution in [0.4, 0.5) is 5.69 Å². The number of hydrogen-bond acceptors (Lipinski definition) is 5. The van der Waals surface area contributed by atoms with Crippen LogP contribution < -0.4 is 9.64 Å². The van der Waals surface area contributed by atoms with E-state index in [0.717, 1.165) is 12.0 Å². The van der Waals surface area contributed by atoms with Gasteiger partial charge < -0.3 is 9.84 Å². The molecule has 0 aliphatic carbocycles. The van der Waals surface area contributed by atoms with Gasteiger partial charge in [-0.05, 0) is 67.8 Å². The number of aliphatic hydroxyl groups is 1. The predicted octanol–water partition coefficient (Wildman–Crippen LogP) is 5.53. The molecule has 1 aliphatic heterocycles. The van der Waals surface area contributed by atoms with Crippen molar-refractivity contribution in [1.29, 1.82) is 5.26 Å². The minimum absolute atomic E-state index is 0.00491. The van der Waals surface area contributed by atoms with Gasteiger partial charge in [0.25, 0.3) is 11.7 Å². The Morgan fingerprint density at radius 3 is 2.34 bits per heavy atom. The van der Waals surface area contributed by atoms with Crippen LogP contribution in [-0.2, 0) is 16.0 Å². The van der Waals surface area contributed by atoms with Gasteiger partial charge in [0.2, 0.25) is 0 Å². The lowest BCUT2D eigenvalue weighted by Crippen LogP contribution is -2.29. The molecule has 1 unspecified atom stereocenters. The summed E-state index contributed by atoms with van der Waals surface area (Å²) in [6.45, 7) is 5.86. The summed E-state index contributed by atoms with van der Waals surface area (Å²) < 4.78 is 5.84. The third kappa shape index (κ3) is 4.67. The number of nitrogens with zero attached hydrogens (tertiary/aromatic N) is 2. The molecule has 6 heteroatoms. The molecule has 176 valence electrons. The zero-order valence-corrected chi connectivity index (χ0v) is 19.9. The molecule has 1 aliphatic rings. The highest BCUT2D eigenvalue weighted by molar-refractivity contribution is 6.51. The van der Waals surface area contributed by atoms with E-state index in [-0.39, 0.29) is 17.4 Å². The van der Waals surface area contributed by atoms with Crippen LogP contribution in [0.3, 0.4) is 0 Å². The summed E-state index contributed by atoms with van der Waals surface area (Å²) >= 11 is 0. The number of ether oxygens (including phenoxy) is 1. The van der Waals surface area contributed by atoms with Crippen molar-refractivity contribution in [2.24, 2.45) is 0 Å². The fourth-order valence-electron chi connectivity index (χ4n) is 4.19. The van der Waals surface area contributed by atoms with Gasteiger partial charge in [-0.15, -0.1) is 0 Å². The summed E-state index contributed by atoms with van der Waals surface area (Å²) in [6, 6.07) is 22.1. The topological polar surface area (TPSA) is 90.6 Å². The van der Waals surface area contributed by atoms with Gasteiger partial charge in [0.05, 0.1) is 29.4 Å². The Morgan fingerprint density at radius 1 is 1.06 bits per heavy atom. The SMILES string of the molecule is CCc1ccc(/C(O)=C2/C(=O)C(=O)N(c3ccc(C#N)cc3)C2c2cccc(OC(C)C)c2)cc1. The Bertz CT molecular complexity index is 1330. The van der Waals surface area contributed by atoms with Crippen molar-refractivity contribution in [2.75, 3.05) is 4.90 Å². The Kier molecular flexibility index (Phi) is 6.70. The molecule has 1 fully saturated rings. The summed E-state index contributed by atoms with van der Waals surface area (Å²) in [5.74, 6) is -1.16. The van der Waals surface area contributed by atoms with Crippen LogP contribution in [0.15, 0.2) is 78.4 Å². The first-order chi connectivity index (χ1) is 16.8. The van der Waals surface area contributed by atoms with Gasteiger partial charge in [0.15, 0.2) is 0 Å². The second-order valence-electron chi connectivity index (χ2n) is 8.62. The van der Waals surface area contributed by atoms with Gasteiger partial charge in [-0.3, -0.25) is 14.5 Å². The van der Waals surface area contributed by atoms with Gasteiger partial charge in [-0.2, -0.15) is 5.26 Å². The van der Waals surface area contributed by atoms with Crippen LogP contribution in [0.25, 0.3) is 5.76 Å². The number of ketones is 1. The molecule has 3 aromatic rings. The van der Waals surface area contributed by atoms with Gasteiger partial charge in [-0.1, -0.05) is 43.3 Å². The molecule has 0 aromatic heterocycles. The van der Waals surface area contributed by atoms with E-state index in [4.69, 9.17) is 10.00 Å². The van der Waals surface area contributed by atoms with Gasteiger partial charge in [0.1, 0.15) is 11.5 Å². The average Bonchev–Trinajstić information content (AvgIpc) is 3.13. The molecule has 4 rings (SSSR count). The van der Waals surface area contributed by atoms with Gasteiger partial charge in [-0.25, -0.2) is 0 Å². The molecular formula is C29H26N2O4. The lowest BCUT2D eigenvalue weighted by Gasteiger charge is -2.26. The predicted molar refractivity (Wildman–Crippen MR) is 134 cm³/mol. The van der Waals surface area contributed by atoms with Crippen LogP contribution in [0, 0.1) is 11.3 Å². The smallest absolute Gasteiger partial charge is 0.300 e. The molecule has 1 saturated heterocycles. The number of amides is 1. The molecule has 1 amide bonds. The van der Waals surface area contributed by atoms with Crippen molar-refractivity contribution in [1.82, 2.24) is 0 Å². The molecular weight excluding hydrogens is 440 g/mol. The molecule has 35 heavy (non-hydrogen) atoms. The van der Waals surface area contributed by atoms with Crippen molar-refractivity contribution in [2.45, 2.75) is 39.3 Å². The number of Topliss-reactive ketones (excluding diaryl/α,β-unsaturated/α-hetero) is 1. The minimum atomic E-state index is -0.871. The molecule has 0 bridgehead atoms. The van der Waals surface area contributed by atoms with Crippen molar-refractivity contribution >= 4 is 23.1 Å². The molecule has 6 nitrogen and oxygen atoms in total. The first-order valence-electron chi connectivity index (χ1n) is 11.5. The van der Waals surface area contributed by atoms with E-state index in [1.54, 1.807) is 60.7 Å². The zero-order valence-electron chi connectivity index (χ0n) is 19.9. The van der Waals surface area contributed by atoms with Gasteiger partial charge in [0, 0.05) is 11.3 Å². The summed E-state index contributed by atoms with van der Waals surface area (Å²) in [5, 5.41) is 20.4. The van der Waals surface area contributed by atoms with Crippen LogP contribution in [-0.4, -0.2) is 22.9 Å². The van der Waals surface area contributed by atoms with Crippen LogP contribution in [0.2, 0.25) is 0 Å². The molecule has 1 atom stereocenters. The normalized spacial score (nSPS) is 17.0. The minimum Gasteiger partial charge on any atom is -0.507 e. The fraction of sp³-hybridized carbons (Fsp3) is 0.207. The molecule has 0 saturated carbocycles. The number of carbonyl (C=O) groups excluding carboxylic acids is 2. The Balaban J connectivity index is 1.91. The number of aryl methyl sites for hydroxylation is 1. The van der Waals surface area contributed by atoms with E-state index in [0.29, 0.717) is 28.1 Å². The number of aliphatic hydroxyl groups excluding tert-OH is 1. The van der Waals surface area contributed by atoms with Crippen molar-refractivity contribution in [3.63, 3.8) is 0 Å². The highest BCUT2D eigenvalue weighted by Crippen LogP contribution is 2.43. The van der Waals surface area contributed by atoms with Crippen molar-refractivity contribution in [3.8, 4) is 11.8 Å². The fourth-order valence-corrected chi connectivity index (χ4v) is 4.19. The monoisotopic (exact) mass is 466 g/mol. The number of hydrogen-bond donors (Lipinski definition) is 1. The maximum absolute atomic E-state index is 13.3. The Hall–Kier alpha value is -4.37. The quantitative estimate of drug-likeness (QED) is 0.293. The van der Waals surface area contributed by atoms with Crippen LogP contribution in [0.5, 0.6) is 5.75 Å². The van der Waals surface area contributed by atoms with E-state index in [1.807, 2.05) is 32.9 Å². The number of benzene rings is 3. The molecule has 1 heterocycles. The maximum Gasteiger partial charge on any atom is 0.300 e. The molecule has 0 radical (unpaired) electrons. The number of anilines is 1. The third-order valence-electron chi connectivity index (χ3n) is 5.90. The van der Waals surface area contributed by atoms with E-state index in [1.165, 1.54) is 4.90 Å². The highest BCUT2D eigenvalue weighted by Gasteiger charge is 2.47. The highest BCUT2D eigenvalue weighted by atomic mass is 16.5. The first-order valence-corrected chi connectivity index (χ1v) is 11.5. The van der Waals surface area contributed by atoms with E-state index in [2.05, 4.69) is 6.07 Å². The number of rotatable bonds is 6. The summed E-state index contributed by atoms with van der Waals surface area (Å²) in [5.41, 5.74) is 3.06. The number of nitriles is 1. The second-order valence-corrected chi connectivity index (χ2v) is 8.62. The van der Waals surface area contributed by atoms with Crippen LogP contribution in [0.1, 0.15) is 49.1 Å². The van der Waals surface area contributed by atoms with E-state index in [9.17, 15) is 14.7 Å². The molecule has 1 N–H and O–H groups in total. The van der Waals surface area contributed by atoms with Crippen molar-refractivity contribution < 1.29 is 19.4 Å². The summed E-state index contributed by atoms with van der Waals surface area (Å²) in [6.07, 6.45) is 0.777. The summed E-state index contributed by atoms with van der Waals surface area (Å²) in [4.78, 5) is 28.0. The van der Waals surface area contributed by atoms with E-state index < -0.39 is 17.7 Å². The Morgan fingerprint density at radius 2 is 1.74 bits per heavy atom. The molecule has 0 spiro atoms. The third-order valence-corrected chi connectivity index (χ3v) is 5.90. The Labute approximate surface area is 204 Å².